The van der Waals surface area contributed by atoms with Crippen LogP contribution in [-0.4, -0.2) is 38.7 Å². The number of hydrogen-bond donors (Lipinski definition) is 0. The number of carbonyl (C=O) groups is 1. The topological polar surface area (TPSA) is 51.0 Å². The van der Waals surface area contributed by atoms with E-state index in [1.165, 1.54) is 5.69 Å². The molecule has 24 heavy (non-hydrogen) atoms. The number of likely N-dealkylation sites (tertiary alicyclic amines) is 1. The molecule has 1 aliphatic heterocycles. The van der Waals surface area contributed by atoms with Gasteiger partial charge in [0, 0.05) is 37.1 Å². The Bertz CT molecular complexity index is 680. The summed E-state index contributed by atoms with van der Waals surface area (Å²) in [5.74, 6) is 0.261. The van der Waals surface area contributed by atoms with Crippen LogP contribution in [0.25, 0.3) is 0 Å². The summed E-state index contributed by atoms with van der Waals surface area (Å²) < 4.78 is 2.10. The third-order valence-corrected chi connectivity index (χ3v) is 4.69. The summed E-state index contributed by atoms with van der Waals surface area (Å²) in [4.78, 5) is 18.9. The molecule has 1 saturated heterocycles. The number of piperidine rings is 1. The fourth-order valence-corrected chi connectivity index (χ4v) is 3.52. The first kappa shape index (κ1) is 16.7. The summed E-state index contributed by atoms with van der Waals surface area (Å²) >= 11 is 0. The summed E-state index contributed by atoms with van der Waals surface area (Å²) in [6.45, 7) is 5.77. The smallest absolute Gasteiger partial charge is 0.222 e. The van der Waals surface area contributed by atoms with Crippen molar-refractivity contribution < 1.29 is 4.79 Å². The Kier molecular flexibility index (Phi) is 5.28. The lowest BCUT2D eigenvalue weighted by Gasteiger charge is -2.33. The molecule has 2 aromatic rings. The molecule has 5 heteroatoms. The molecular weight excluding hydrogens is 300 g/mol. The molecule has 0 aliphatic carbocycles. The van der Waals surface area contributed by atoms with Gasteiger partial charge >= 0.3 is 0 Å². The molecule has 0 N–H and O–H groups in total. The van der Waals surface area contributed by atoms with Crippen molar-refractivity contribution >= 4 is 5.91 Å². The van der Waals surface area contributed by atoms with Crippen molar-refractivity contribution in [1.82, 2.24) is 19.7 Å². The van der Waals surface area contributed by atoms with Crippen LogP contribution in [0.2, 0.25) is 0 Å². The summed E-state index contributed by atoms with van der Waals surface area (Å²) in [6.07, 6.45) is 6.27. The van der Waals surface area contributed by atoms with Crippen LogP contribution in [0, 0.1) is 13.8 Å². The Hall–Kier alpha value is -2.17. The van der Waals surface area contributed by atoms with E-state index in [1.807, 2.05) is 30.0 Å². The maximum Gasteiger partial charge on any atom is 0.222 e. The number of pyridine rings is 1. The first-order chi connectivity index (χ1) is 11.6. The third kappa shape index (κ3) is 4.02. The first-order valence-electron chi connectivity index (χ1n) is 8.84. The molecule has 1 amide bonds. The number of hydrogen-bond acceptors (Lipinski definition) is 3. The SMILES string of the molecule is Cc1cc(C)n(C2CCCN(C(=O)CCCc3ccccn3)C2)n1. The number of aryl methyl sites for hydroxylation is 3. The van der Waals surface area contributed by atoms with Gasteiger partial charge in [0.05, 0.1) is 11.7 Å². The van der Waals surface area contributed by atoms with Gasteiger partial charge in [0.25, 0.3) is 0 Å². The van der Waals surface area contributed by atoms with Crippen LogP contribution in [0.3, 0.4) is 0 Å². The van der Waals surface area contributed by atoms with Crippen molar-refractivity contribution in [3.05, 3.63) is 47.5 Å². The van der Waals surface area contributed by atoms with Crippen molar-refractivity contribution in [2.24, 2.45) is 0 Å². The Morgan fingerprint density at radius 2 is 2.21 bits per heavy atom. The number of amides is 1. The van der Waals surface area contributed by atoms with Crippen molar-refractivity contribution in [1.29, 1.82) is 0 Å². The second kappa shape index (κ2) is 7.60. The van der Waals surface area contributed by atoms with Crippen LogP contribution in [0.15, 0.2) is 30.5 Å². The van der Waals surface area contributed by atoms with Gasteiger partial charge in [-0.2, -0.15) is 5.10 Å². The van der Waals surface area contributed by atoms with Gasteiger partial charge in [0.15, 0.2) is 0 Å². The van der Waals surface area contributed by atoms with Gasteiger partial charge in [-0.25, -0.2) is 0 Å². The minimum Gasteiger partial charge on any atom is -0.341 e. The normalized spacial score (nSPS) is 17.9. The van der Waals surface area contributed by atoms with E-state index in [4.69, 9.17) is 0 Å². The molecular formula is C19H26N4O. The van der Waals surface area contributed by atoms with Gasteiger partial charge in [-0.05, 0) is 57.7 Å². The van der Waals surface area contributed by atoms with Gasteiger partial charge in [-0.15, -0.1) is 0 Å². The molecule has 0 spiro atoms. The standard InChI is InChI=1S/C19H26N4O/c1-15-13-16(2)23(21-15)18-9-6-12-22(14-18)19(24)10-5-8-17-7-3-4-11-20-17/h3-4,7,11,13,18H,5-6,8-10,12,14H2,1-2H3. The van der Waals surface area contributed by atoms with E-state index in [2.05, 4.69) is 27.8 Å². The van der Waals surface area contributed by atoms with Crippen molar-refractivity contribution in [2.45, 2.75) is 52.0 Å². The Balaban J connectivity index is 1.52. The van der Waals surface area contributed by atoms with E-state index < -0.39 is 0 Å². The van der Waals surface area contributed by atoms with E-state index in [-0.39, 0.29) is 5.91 Å². The molecule has 1 unspecified atom stereocenters. The molecule has 3 rings (SSSR count). The maximum absolute atomic E-state index is 12.5. The Morgan fingerprint density at radius 3 is 2.92 bits per heavy atom. The molecule has 1 atom stereocenters. The Morgan fingerprint density at radius 1 is 1.33 bits per heavy atom. The minimum atomic E-state index is 0.261. The second-order valence-electron chi connectivity index (χ2n) is 6.68. The third-order valence-electron chi connectivity index (χ3n) is 4.69. The number of aromatic nitrogens is 3. The summed E-state index contributed by atoms with van der Waals surface area (Å²) in [5.41, 5.74) is 3.29. The average molecular weight is 326 g/mol. The van der Waals surface area contributed by atoms with E-state index in [0.717, 1.165) is 50.2 Å². The highest BCUT2D eigenvalue weighted by atomic mass is 16.2. The molecule has 0 saturated carbocycles. The van der Waals surface area contributed by atoms with Gasteiger partial charge < -0.3 is 4.90 Å². The van der Waals surface area contributed by atoms with Crippen molar-refractivity contribution in [3.8, 4) is 0 Å². The molecule has 0 radical (unpaired) electrons. The molecule has 0 aromatic carbocycles. The number of carbonyl (C=O) groups excluding carboxylic acids is 1. The van der Waals surface area contributed by atoms with Gasteiger partial charge in [0.1, 0.15) is 0 Å². The molecule has 5 nitrogen and oxygen atoms in total. The van der Waals surface area contributed by atoms with Crippen LogP contribution in [0.4, 0.5) is 0 Å². The lowest BCUT2D eigenvalue weighted by molar-refractivity contribution is -0.133. The maximum atomic E-state index is 12.5. The zero-order valence-corrected chi connectivity index (χ0v) is 14.6. The molecule has 1 aliphatic rings. The van der Waals surface area contributed by atoms with Crippen LogP contribution < -0.4 is 0 Å². The van der Waals surface area contributed by atoms with Crippen molar-refractivity contribution in [3.63, 3.8) is 0 Å². The number of rotatable bonds is 5. The zero-order chi connectivity index (χ0) is 16.9. The predicted molar refractivity (Wildman–Crippen MR) is 93.7 cm³/mol. The second-order valence-corrected chi connectivity index (χ2v) is 6.68. The highest BCUT2D eigenvalue weighted by molar-refractivity contribution is 5.76. The molecule has 0 bridgehead atoms. The molecule has 1 fully saturated rings. The van der Waals surface area contributed by atoms with Crippen LogP contribution in [-0.2, 0) is 11.2 Å². The van der Waals surface area contributed by atoms with E-state index in [1.54, 1.807) is 6.20 Å². The van der Waals surface area contributed by atoms with Gasteiger partial charge in [-0.1, -0.05) is 6.07 Å². The molecule has 128 valence electrons. The van der Waals surface area contributed by atoms with Crippen LogP contribution >= 0.6 is 0 Å². The summed E-state index contributed by atoms with van der Waals surface area (Å²) in [5, 5.41) is 4.60. The largest absolute Gasteiger partial charge is 0.341 e. The average Bonchev–Trinajstić information content (AvgIpc) is 2.94. The van der Waals surface area contributed by atoms with Gasteiger partial charge in [0.2, 0.25) is 5.91 Å². The predicted octanol–water partition coefficient (Wildman–Crippen LogP) is 3.08. The van der Waals surface area contributed by atoms with Gasteiger partial charge in [-0.3, -0.25) is 14.5 Å². The fourth-order valence-electron chi connectivity index (χ4n) is 3.52. The fraction of sp³-hybridized carbons (Fsp3) is 0.526. The molecule has 3 heterocycles. The van der Waals surface area contributed by atoms with E-state index >= 15 is 0 Å². The van der Waals surface area contributed by atoms with Crippen molar-refractivity contribution in [2.75, 3.05) is 13.1 Å². The molecule has 2 aromatic heterocycles. The Labute approximate surface area is 143 Å². The first-order valence-corrected chi connectivity index (χ1v) is 8.84. The lowest BCUT2D eigenvalue weighted by atomic mass is 10.0. The number of nitrogens with zero attached hydrogens (tertiary/aromatic N) is 4. The zero-order valence-electron chi connectivity index (χ0n) is 14.6. The summed E-state index contributed by atoms with van der Waals surface area (Å²) in [7, 11) is 0. The quantitative estimate of drug-likeness (QED) is 0.848. The van der Waals surface area contributed by atoms with Crippen LogP contribution in [0.5, 0.6) is 0 Å². The van der Waals surface area contributed by atoms with Crippen LogP contribution in [0.1, 0.15) is 48.8 Å². The lowest BCUT2D eigenvalue weighted by Crippen LogP contribution is -2.41. The van der Waals surface area contributed by atoms with E-state index in [0.29, 0.717) is 12.5 Å². The van der Waals surface area contributed by atoms with E-state index in [9.17, 15) is 4.79 Å². The monoisotopic (exact) mass is 326 g/mol. The highest BCUT2D eigenvalue weighted by Gasteiger charge is 2.25. The highest BCUT2D eigenvalue weighted by Crippen LogP contribution is 2.23. The summed E-state index contributed by atoms with van der Waals surface area (Å²) in [6, 6.07) is 8.35. The minimum absolute atomic E-state index is 0.261.